The summed E-state index contributed by atoms with van der Waals surface area (Å²) >= 11 is 0. The molecular weight excluding hydrogens is 267 g/mol. The molecule has 2 heterocycles. The molecule has 2 saturated heterocycles. The molecule has 2 atom stereocenters. The number of rotatable bonds is 3. The first-order chi connectivity index (χ1) is 10.1. The van der Waals surface area contributed by atoms with Crippen molar-refractivity contribution in [2.24, 2.45) is 0 Å². The van der Waals surface area contributed by atoms with E-state index in [4.69, 9.17) is 0 Å². The lowest BCUT2D eigenvalue weighted by atomic mass is 10.1. The number of nitrogens with zero attached hydrogens (tertiary/aromatic N) is 2. The summed E-state index contributed by atoms with van der Waals surface area (Å²) < 4.78 is 12.8. The average Bonchev–Trinajstić information content (AvgIpc) is 2.95. The van der Waals surface area contributed by atoms with Gasteiger partial charge in [-0.3, -0.25) is 9.69 Å². The minimum atomic E-state index is -0.219. The van der Waals surface area contributed by atoms with E-state index in [1.807, 2.05) is 17.9 Å². The molecule has 2 aliphatic heterocycles. The highest BCUT2D eigenvalue weighted by Gasteiger charge is 2.39. The van der Waals surface area contributed by atoms with Gasteiger partial charge in [-0.05, 0) is 37.5 Å². The number of benzene rings is 1. The van der Waals surface area contributed by atoms with Crippen LogP contribution in [-0.4, -0.2) is 47.4 Å². The van der Waals surface area contributed by atoms with Crippen LogP contribution in [0.2, 0.25) is 0 Å². The molecule has 4 heteroatoms. The summed E-state index contributed by atoms with van der Waals surface area (Å²) in [6, 6.07) is 6.79. The quantitative estimate of drug-likeness (QED) is 0.853. The fourth-order valence-corrected chi connectivity index (χ4v) is 3.27. The molecule has 2 aliphatic rings. The van der Waals surface area contributed by atoms with Crippen molar-refractivity contribution in [2.75, 3.05) is 19.6 Å². The Bertz CT molecular complexity index is 540. The summed E-state index contributed by atoms with van der Waals surface area (Å²) in [6.07, 6.45) is 6.29. The molecule has 0 N–H and O–H groups in total. The van der Waals surface area contributed by atoms with Crippen molar-refractivity contribution in [3.63, 3.8) is 0 Å². The standard InChI is InChI=1S/C17H21FN2O/c1-13-17(21)20-11-3-5-16(20)12-19(13)10-2-4-14-6-8-15(18)9-7-14/h2,4,6-9,13,16H,3,5,10-12H2,1H3/b4-2+/t13-,16-/m0/s1. The Balaban J connectivity index is 1.62. The van der Waals surface area contributed by atoms with Gasteiger partial charge in [0.1, 0.15) is 5.82 Å². The Morgan fingerprint density at radius 3 is 2.86 bits per heavy atom. The van der Waals surface area contributed by atoms with E-state index in [9.17, 15) is 9.18 Å². The van der Waals surface area contributed by atoms with Crippen molar-refractivity contribution < 1.29 is 9.18 Å². The van der Waals surface area contributed by atoms with E-state index < -0.39 is 0 Å². The summed E-state index contributed by atoms with van der Waals surface area (Å²) in [5.74, 6) is 0.0441. The van der Waals surface area contributed by atoms with Gasteiger partial charge in [0.05, 0.1) is 6.04 Å². The lowest BCUT2D eigenvalue weighted by molar-refractivity contribution is -0.142. The molecule has 3 nitrogen and oxygen atoms in total. The van der Waals surface area contributed by atoms with Gasteiger partial charge in [-0.15, -0.1) is 0 Å². The smallest absolute Gasteiger partial charge is 0.239 e. The van der Waals surface area contributed by atoms with E-state index in [1.165, 1.54) is 12.1 Å². The molecule has 0 aliphatic carbocycles. The van der Waals surface area contributed by atoms with Gasteiger partial charge in [-0.25, -0.2) is 4.39 Å². The van der Waals surface area contributed by atoms with Crippen LogP contribution >= 0.6 is 0 Å². The summed E-state index contributed by atoms with van der Waals surface area (Å²) in [5, 5.41) is 0. The van der Waals surface area contributed by atoms with Gasteiger partial charge in [0, 0.05) is 25.7 Å². The minimum absolute atomic E-state index is 0.0442. The second-order valence-electron chi connectivity index (χ2n) is 5.91. The van der Waals surface area contributed by atoms with Crippen molar-refractivity contribution >= 4 is 12.0 Å². The highest BCUT2D eigenvalue weighted by atomic mass is 19.1. The van der Waals surface area contributed by atoms with Gasteiger partial charge in [0.15, 0.2) is 0 Å². The first-order valence-corrected chi connectivity index (χ1v) is 7.62. The van der Waals surface area contributed by atoms with Crippen molar-refractivity contribution in [1.29, 1.82) is 0 Å². The fraction of sp³-hybridized carbons (Fsp3) is 0.471. The van der Waals surface area contributed by atoms with E-state index in [2.05, 4.69) is 11.0 Å². The van der Waals surface area contributed by atoms with Crippen molar-refractivity contribution in [3.05, 3.63) is 41.7 Å². The Hall–Kier alpha value is -1.68. The third kappa shape index (κ3) is 3.00. The van der Waals surface area contributed by atoms with E-state index in [1.54, 1.807) is 12.1 Å². The first kappa shape index (κ1) is 14.3. The van der Waals surface area contributed by atoms with Gasteiger partial charge in [-0.2, -0.15) is 0 Å². The summed E-state index contributed by atoms with van der Waals surface area (Å²) in [4.78, 5) is 16.6. The largest absolute Gasteiger partial charge is 0.337 e. The number of carbonyl (C=O) groups excluding carboxylic acids is 1. The van der Waals surface area contributed by atoms with Crippen LogP contribution in [0.4, 0.5) is 4.39 Å². The number of piperazine rings is 1. The molecule has 0 saturated carbocycles. The molecule has 0 bridgehead atoms. The maximum absolute atomic E-state index is 12.8. The van der Waals surface area contributed by atoms with Gasteiger partial charge in [0.25, 0.3) is 0 Å². The predicted molar refractivity (Wildman–Crippen MR) is 81.2 cm³/mol. The highest BCUT2D eigenvalue weighted by Crippen LogP contribution is 2.25. The lowest BCUT2D eigenvalue weighted by Crippen LogP contribution is -2.58. The predicted octanol–water partition coefficient (Wildman–Crippen LogP) is 2.53. The zero-order chi connectivity index (χ0) is 14.8. The van der Waals surface area contributed by atoms with Gasteiger partial charge in [0.2, 0.25) is 5.91 Å². The normalized spacial score (nSPS) is 26.6. The molecule has 0 spiro atoms. The second kappa shape index (κ2) is 5.98. The molecule has 2 fully saturated rings. The van der Waals surface area contributed by atoms with Gasteiger partial charge >= 0.3 is 0 Å². The summed E-state index contributed by atoms with van der Waals surface area (Å²) in [6.45, 7) is 4.63. The Morgan fingerprint density at radius 1 is 1.33 bits per heavy atom. The summed E-state index contributed by atoms with van der Waals surface area (Å²) in [5.41, 5.74) is 0.981. The topological polar surface area (TPSA) is 23.6 Å². The van der Waals surface area contributed by atoms with Crippen LogP contribution < -0.4 is 0 Å². The monoisotopic (exact) mass is 288 g/mol. The van der Waals surface area contributed by atoms with Crippen LogP contribution in [0.5, 0.6) is 0 Å². The van der Waals surface area contributed by atoms with Gasteiger partial charge < -0.3 is 4.90 Å². The summed E-state index contributed by atoms with van der Waals surface area (Å²) in [7, 11) is 0. The van der Waals surface area contributed by atoms with E-state index in [-0.39, 0.29) is 17.8 Å². The molecule has 3 rings (SSSR count). The molecular formula is C17H21FN2O. The molecule has 0 unspecified atom stereocenters. The molecule has 112 valence electrons. The van der Waals surface area contributed by atoms with Crippen molar-refractivity contribution in [2.45, 2.75) is 31.8 Å². The number of amides is 1. The maximum atomic E-state index is 12.8. The van der Waals surface area contributed by atoms with Crippen molar-refractivity contribution in [1.82, 2.24) is 9.80 Å². The van der Waals surface area contributed by atoms with Crippen LogP contribution in [-0.2, 0) is 4.79 Å². The molecule has 1 aromatic rings. The first-order valence-electron chi connectivity index (χ1n) is 7.62. The van der Waals surface area contributed by atoms with E-state index in [0.717, 1.165) is 38.0 Å². The molecule has 1 amide bonds. The van der Waals surface area contributed by atoms with E-state index >= 15 is 0 Å². The number of hydrogen-bond donors (Lipinski definition) is 0. The van der Waals surface area contributed by atoms with Gasteiger partial charge in [-0.1, -0.05) is 24.3 Å². The third-order valence-corrected chi connectivity index (χ3v) is 4.53. The van der Waals surface area contributed by atoms with Crippen LogP contribution in [0.25, 0.3) is 6.08 Å². The van der Waals surface area contributed by atoms with Crippen LogP contribution in [0.15, 0.2) is 30.3 Å². The lowest BCUT2D eigenvalue weighted by Gasteiger charge is -2.41. The van der Waals surface area contributed by atoms with Crippen LogP contribution in [0.3, 0.4) is 0 Å². The Kier molecular flexibility index (Phi) is 4.06. The highest BCUT2D eigenvalue weighted by molar-refractivity contribution is 5.83. The minimum Gasteiger partial charge on any atom is -0.337 e. The number of carbonyl (C=O) groups is 1. The zero-order valence-electron chi connectivity index (χ0n) is 12.3. The molecule has 1 aromatic carbocycles. The van der Waals surface area contributed by atoms with E-state index in [0.29, 0.717) is 6.04 Å². The zero-order valence-corrected chi connectivity index (χ0v) is 12.3. The second-order valence-corrected chi connectivity index (χ2v) is 5.91. The number of hydrogen-bond acceptors (Lipinski definition) is 2. The molecule has 0 aromatic heterocycles. The van der Waals surface area contributed by atoms with Crippen LogP contribution in [0.1, 0.15) is 25.3 Å². The molecule has 21 heavy (non-hydrogen) atoms. The molecule has 0 radical (unpaired) electrons. The number of halogens is 1. The third-order valence-electron chi connectivity index (χ3n) is 4.53. The Labute approximate surface area is 125 Å². The Morgan fingerprint density at radius 2 is 2.10 bits per heavy atom. The SMILES string of the molecule is C[C@H]1C(=O)N2CCC[C@H]2CN1C/C=C/c1ccc(F)cc1. The average molecular weight is 288 g/mol. The fourth-order valence-electron chi connectivity index (χ4n) is 3.27. The van der Waals surface area contributed by atoms with Crippen molar-refractivity contribution in [3.8, 4) is 0 Å². The maximum Gasteiger partial charge on any atom is 0.239 e. The number of fused-ring (bicyclic) bond motifs is 1. The van der Waals surface area contributed by atoms with Crippen LogP contribution in [0, 0.1) is 5.82 Å².